The molecule has 0 amide bonds. The van der Waals surface area contributed by atoms with Crippen LogP contribution in [0, 0.1) is 0 Å². The Hall–Kier alpha value is -2.55. The molecule has 7 nitrogen and oxygen atoms in total. The average Bonchev–Trinajstić information content (AvgIpc) is 3.42. The van der Waals surface area contributed by atoms with Gasteiger partial charge in [0, 0.05) is 24.5 Å². The molecular weight excluding hydrogens is 420 g/mol. The summed E-state index contributed by atoms with van der Waals surface area (Å²) in [4.78, 5) is 15.2. The molecule has 1 aromatic carbocycles. The van der Waals surface area contributed by atoms with Crippen LogP contribution in [-0.4, -0.2) is 41.8 Å². The zero-order valence-corrected chi connectivity index (χ0v) is 17.9. The van der Waals surface area contributed by atoms with Crippen molar-refractivity contribution in [3.8, 4) is 0 Å². The minimum atomic E-state index is 0.208. The molecule has 0 radical (unpaired) electrons. The molecule has 1 saturated heterocycles. The molecule has 1 fully saturated rings. The minimum Gasteiger partial charge on any atom is -0.378 e. The van der Waals surface area contributed by atoms with E-state index in [4.69, 9.17) is 26.3 Å². The van der Waals surface area contributed by atoms with Crippen LogP contribution in [0.2, 0.25) is 5.15 Å². The molecule has 0 unspecified atom stereocenters. The van der Waals surface area contributed by atoms with Gasteiger partial charge in [0.2, 0.25) is 4.96 Å². The van der Waals surface area contributed by atoms with Crippen LogP contribution in [0.5, 0.6) is 0 Å². The van der Waals surface area contributed by atoms with Gasteiger partial charge in [-0.3, -0.25) is 0 Å². The maximum Gasteiger partial charge on any atom is 0.212 e. The summed E-state index contributed by atoms with van der Waals surface area (Å²) in [7, 11) is 0. The molecule has 1 aliphatic heterocycles. The smallest absolute Gasteiger partial charge is 0.212 e. The van der Waals surface area contributed by atoms with Gasteiger partial charge in [0.05, 0.1) is 29.0 Å². The SMILES string of the molecule is C[C@@H]1C[C@H](n2c(Cc3cn4ncsc4n3)nc3c(Cl)nc4ccccc4c32)CCO1. The third-order valence-corrected chi connectivity index (χ3v) is 6.71. The van der Waals surface area contributed by atoms with Gasteiger partial charge in [0.15, 0.2) is 5.15 Å². The number of halogens is 1. The number of pyridine rings is 1. The Morgan fingerprint density at radius 3 is 3.00 bits per heavy atom. The van der Waals surface area contributed by atoms with Gasteiger partial charge in [-0.2, -0.15) is 5.10 Å². The zero-order chi connectivity index (χ0) is 20.2. The van der Waals surface area contributed by atoms with Gasteiger partial charge in [-0.05, 0) is 25.8 Å². The Bertz CT molecular complexity index is 1360. The first-order valence-corrected chi connectivity index (χ1v) is 11.3. The van der Waals surface area contributed by atoms with E-state index in [1.807, 2.05) is 28.9 Å². The minimum absolute atomic E-state index is 0.208. The van der Waals surface area contributed by atoms with E-state index in [-0.39, 0.29) is 12.1 Å². The van der Waals surface area contributed by atoms with Crippen LogP contribution in [0.1, 0.15) is 37.3 Å². The molecule has 5 aromatic rings. The van der Waals surface area contributed by atoms with Crippen molar-refractivity contribution in [2.75, 3.05) is 6.61 Å². The summed E-state index contributed by atoms with van der Waals surface area (Å²) in [5, 5.41) is 5.81. The van der Waals surface area contributed by atoms with Crippen LogP contribution in [0.3, 0.4) is 0 Å². The highest BCUT2D eigenvalue weighted by atomic mass is 35.5. The predicted octanol–water partition coefficient (Wildman–Crippen LogP) is 4.67. The fourth-order valence-corrected chi connectivity index (χ4v) is 5.31. The lowest BCUT2D eigenvalue weighted by Crippen LogP contribution is -2.26. The summed E-state index contributed by atoms with van der Waals surface area (Å²) in [5.74, 6) is 0.954. The number of benzene rings is 1. The van der Waals surface area contributed by atoms with Crippen molar-refractivity contribution in [2.24, 2.45) is 0 Å². The quantitative estimate of drug-likeness (QED) is 0.383. The van der Waals surface area contributed by atoms with E-state index in [1.54, 1.807) is 5.51 Å². The van der Waals surface area contributed by atoms with Gasteiger partial charge in [-0.25, -0.2) is 19.5 Å². The van der Waals surface area contributed by atoms with E-state index in [9.17, 15) is 0 Å². The zero-order valence-electron chi connectivity index (χ0n) is 16.3. The Kier molecular flexibility index (Phi) is 4.26. The van der Waals surface area contributed by atoms with Crippen molar-refractivity contribution in [2.45, 2.75) is 38.3 Å². The molecule has 9 heteroatoms. The van der Waals surface area contributed by atoms with Crippen LogP contribution in [0.25, 0.3) is 26.9 Å². The molecule has 0 N–H and O–H groups in total. The number of nitrogens with zero attached hydrogens (tertiary/aromatic N) is 6. The molecular formula is C21H19ClN6OS. The molecule has 6 rings (SSSR count). The van der Waals surface area contributed by atoms with Crippen molar-refractivity contribution in [1.82, 2.24) is 29.1 Å². The lowest BCUT2D eigenvalue weighted by Gasteiger charge is -2.30. The summed E-state index contributed by atoms with van der Waals surface area (Å²) < 4.78 is 10.0. The number of imidazole rings is 2. The fraction of sp³-hybridized carbons (Fsp3) is 0.333. The van der Waals surface area contributed by atoms with Crippen molar-refractivity contribution in [3.63, 3.8) is 0 Å². The number of hydrogen-bond donors (Lipinski definition) is 0. The number of fused-ring (bicyclic) bond motifs is 4. The van der Waals surface area contributed by atoms with Crippen molar-refractivity contribution < 1.29 is 4.74 Å². The second-order valence-electron chi connectivity index (χ2n) is 7.75. The Labute approximate surface area is 181 Å². The largest absolute Gasteiger partial charge is 0.378 e. The molecule has 30 heavy (non-hydrogen) atoms. The first-order chi connectivity index (χ1) is 14.7. The van der Waals surface area contributed by atoms with Crippen LogP contribution in [0.15, 0.2) is 36.0 Å². The molecule has 0 spiro atoms. The number of ether oxygens (including phenoxy) is 1. The third-order valence-electron chi connectivity index (χ3n) is 5.76. The van der Waals surface area contributed by atoms with E-state index in [0.29, 0.717) is 11.6 Å². The van der Waals surface area contributed by atoms with Gasteiger partial charge < -0.3 is 9.30 Å². The topological polar surface area (TPSA) is 70.1 Å². The Morgan fingerprint density at radius 2 is 2.13 bits per heavy atom. The first-order valence-electron chi connectivity index (χ1n) is 10.0. The molecule has 4 aromatic heterocycles. The van der Waals surface area contributed by atoms with Crippen molar-refractivity contribution >= 4 is 49.8 Å². The summed E-state index contributed by atoms with van der Waals surface area (Å²) in [6.07, 6.45) is 4.67. The van der Waals surface area contributed by atoms with Gasteiger partial charge in [-0.15, -0.1) is 0 Å². The number of rotatable bonds is 3. The van der Waals surface area contributed by atoms with E-state index in [1.165, 1.54) is 11.3 Å². The van der Waals surface area contributed by atoms with E-state index < -0.39 is 0 Å². The third kappa shape index (κ3) is 2.90. The summed E-state index contributed by atoms with van der Waals surface area (Å²) >= 11 is 8.13. The van der Waals surface area contributed by atoms with E-state index in [2.05, 4.69) is 27.6 Å². The van der Waals surface area contributed by atoms with Crippen LogP contribution < -0.4 is 0 Å². The molecule has 0 bridgehead atoms. The monoisotopic (exact) mass is 438 g/mol. The number of para-hydroxylation sites is 1. The number of hydrogen-bond acceptors (Lipinski definition) is 6. The lowest BCUT2D eigenvalue weighted by molar-refractivity contribution is 0.00631. The van der Waals surface area contributed by atoms with Gasteiger partial charge >= 0.3 is 0 Å². The lowest BCUT2D eigenvalue weighted by atomic mass is 10.0. The van der Waals surface area contributed by atoms with E-state index >= 15 is 0 Å². The molecule has 0 aliphatic carbocycles. The summed E-state index contributed by atoms with van der Waals surface area (Å²) in [5.41, 5.74) is 5.43. The normalized spacial score (nSPS) is 19.9. The molecule has 0 saturated carbocycles. The van der Waals surface area contributed by atoms with Crippen LogP contribution in [0.4, 0.5) is 0 Å². The highest BCUT2D eigenvalue weighted by Crippen LogP contribution is 2.36. The average molecular weight is 439 g/mol. The molecule has 1 aliphatic rings. The van der Waals surface area contributed by atoms with Gasteiger partial charge in [-0.1, -0.05) is 41.1 Å². The summed E-state index contributed by atoms with van der Waals surface area (Å²) in [6, 6.07) is 8.41. The molecule has 152 valence electrons. The first kappa shape index (κ1) is 18.2. The maximum atomic E-state index is 6.60. The van der Waals surface area contributed by atoms with Crippen molar-refractivity contribution in [3.05, 3.63) is 52.6 Å². The Balaban J connectivity index is 1.58. The second kappa shape index (κ2) is 7.01. The standard InChI is InChI=1S/C21H19ClN6OS/c1-12-8-14(6-7-29-12)28-17(9-13-10-27-21(24-13)30-11-23-27)26-18-19(28)15-4-2-3-5-16(15)25-20(18)22/h2-5,10-12,14H,6-9H2,1H3/t12-,14-/m1/s1. The van der Waals surface area contributed by atoms with Crippen LogP contribution in [-0.2, 0) is 11.2 Å². The second-order valence-corrected chi connectivity index (χ2v) is 8.92. The fourth-order valence-electron chi connectivity index (χ4n) is 4.47. The van der Waals surface area contributed by atoms with Crippen molar-refractivity contribution in [1.29, 1.82) is 0 Å². The van der Waals surface area contributed by atoms with Crippen LogP contribution >= 0.6 is 22.9 Å². The van der Waals surface area contributed by atoms with E-state index in [0.717, 1.165) is 57.9 Å². The molecule has 2 atom stereocenters. The predicted molar refractivity (Wildman–Crippen MR) is 117 cm³/mol. The highest BCUT2D eigenvalue weighted by Gasteiger charge is 2.27. The molecule has 5 heterocycles. The van der Waals surface area contributed by atoms with Gasteiger partial charge in [0.1, 0.15) is 16.9 Å². The highest BCUT2D eigenvalue weighted by molar-refractivity contribution is 7.14. The maximum absolute atomic E-state index is 6.60. The number of aromatic nitrogens is 6. The Morgan fingerprint density at radius 1 is 1.23 bits per heavy atom. The van der Waals surface area contributed by atoms with Gasteiger partial charge in [0.25, 0.3) is 0 Å². The summed E-state index contributed by atoms with van der Waals surface area (Å²) in [6.45, 7) is 2.87.